The zero-order valence-electron chi connectivity index (χ0n) is 17.3. The molecule has 7 heteroatoms. The van der Waals surface area contributed by atoms with Gasteiger partial charge in [0, 0.05) is 36.4 Å². The van der Waals surface area contributed by atoms with Gasteiger partial charge in [0.2, 0.25) is 5.88 Å². The fourth-order valence-electron chi connectivity index (χ4n) is 4.33. The number of nitrogens with one attached hydrogen (secondary N) is 1. The summed E-state index contributed by atoms with van der Waals surface area (Å²) < 4.78 is 7.97. The molecule has 1 aliphatic carbocycles. The molecule has 2 aliphatic rings. The van der Waals surface area contributed by atoms with Crippen LogP contribution in [-0.2, 0) is 0 Å². The number of rotatable bonds is 5. The molecule has 5 rings (SSSR count). The van der Waals surface area contributed by atoms with E-state index in [1.807, 2.05) is 24.5 Å². The maximum atomic E-state index is 9.38. The van der Waals surface area contributed by atoms with Crippen molar-refractivity contribution in [2.24, 2.45) is 0 Å². The SMILES string of the molecule is N#Cc1ccc(-n2cc(C3=CCNCC3)cn2)c(Oc2cc(C3CCCC3)ncn2)c1. The van der Waals surface area contributed by atoms with Crippen LogP contribution in [0.25, 0.3) is 11.3 Å². The van der Waals surface area contributed by atoms with E-state index >= 15 is 0 Å². The molecule has 1 N–H and O–H groups in total. The molecule has 0 bridgehead atoms. The van der Waals surface area contributed by atoms with Gasteiger partial charge in [0.05, 0.1) is 23.5 Å². The monoisotopic (exact) mass is 412 g/mol. The second kappa shape index (κ2) is 8.70. The number of nitriles is 1. The van der Waals surface area contributed by atoms with Gasteiger partial charge in [-0.2, -0.15) is 10.4 Å². The van der Waals surface area contributed by atoms with Crippen LogP contribution in [0.3, 0.4) is 0 Å². The molecule has 1 aliphatic heterocycles. The van der Waals surface area contributed by atoms with Crippen LogP contribution in [0.1, 0.15) is 54.8 Å². The lowest BCUT2D eigenvalue weighted by molar-refractivity contribution is 0.455. The van der Waals surface area contributed by atoms with Crippen molar-refractivity contribution in [1.82, 2.24) is 25.1 Å². The van der Waals surface area contributed by atoms with Crippen molar-refractivity contribution in [3.63, 3.8) is 0 Å². The van der Waals surface area contributed by atoms with Gasteiger partial charge in [-0.15, -0.1) is 0 Å². The first kappa shape index (κ1) is 19.5. The number of hydrogen-bond donors (Lipinski definition) is 1. The third-order valence-electron chi connectivity index (χ3n) is 6.00. The van der Waals surface area contributed by atoms with Gasteiger partial charge < -0.3 is 10.1 Å². The predicted molar refractivity (Wildman–Crippen MR) is 117 cm³/mol. The quantitative estimate of drug-likeness (QED) is 0.670. The van der Waals surface area contributed by atoms with Crippen LogP contribution in [0.15, 0.2) is 49.1 Å². The third kappa shape index (κ3) is 4.21. The van der Waals surface area contributed by atoms with Crippen LogP contribution < -0.4 is 10.1 Å². The van der Waals surface area contributed by atoms with Gasteiger partial charge in [0.25, 0.3) is 0 Å². The summed E-state index contributed by atoms with van der Waals surface area (Å²) >= 11 is 0. The van der Waals surface area contributed by atoms with E-state index in [9.17, 15) is 5.26 Å². The van der Waals surface area contributed by atoms with Gasteiger partial charge in [-0.3, -0.25) is 0 Å². The molecule has 31 heavy (non-hydrogen) atoms. The van der Waals surface area contributed by atoms with E-state index in [1.54, 1.807) is 23.1 Å². The predicted octanol–water partition coefficient (Wildman–Crippen LogP) is 4.36. The minimum Gasteiger partial charge on any atom is -0.437 e. The van der Waals surface area contributed by atoms with E-state index < -0.39 is 0 Å². The Bertz CT molecular complexity index is 1150. The average Bonchev–Trinajstić information content (AvgIpc) is 3.53. The molecular weight excluding hydrogens is 388 g/mol. The van der Waals surface area contributed by atoms with Gasteiger partial charge >= 0.3 is 0 Å². The molecule has 0 saturated heterocycles. The van der Waals surface area contributed by atoms with E-state index in [1.165, 1.54) is 18.4 Å². The molecule has 1 saturated carbocycles. The van der Waals surface area contributed by atoms with Crippen LogP contribution in [0.2, 0.25) is 0 Å². The summed E-state index contributed by atoms with van der Waals surface area (Å²) in [5.74, 6) is 1.51. The van der Waals surface area contributed by atoms with Gasteiger partial charge in [0.15, 0.2) is 5.75 Å². The normalized spacial score (nSPS) is 16.7. The van der Waals surface area contributed by atoms with Crippen LogP contribution in [0, 0.1) is 11.3 Å². The first-order valence-electron chi connectivity index (χ1n) is 10.8. The second-order valence-electron chi connectivity index (χ2n) is 8.02. The summed E-state index contributed by atoms with van der Waals surface area (Å²) in [4.78, 5) is 8.77. The lowest BCUT2D eigenvalue weighted by atomic mass is 10.0. The zero-order valence-corrected chi connectivity index (χ0v) is 17.3. The molecule has 7 nitrogen and oxygen atoms in total. The summed E-state index contributed by atoms with van der Waals surface area (Å²) in [7, 11) is 0. The van der Waals surface area contributed by atoms with E-state index in [0.717, 1.165) is 49.3 Å². The molecule has 0 atom stereocenters. The zero-order chi connectivity index (χ0) is 21.0. The smallest absolute Gasteiger partial charge is 0.222 e. The van der Waals surface area contributed by atoms with Crippen LogP contribution in [0.4, 0.5) is 0 Å². The Hall–Kier alpha value is -3.50. The molecular formula is C24H24N6O. The van der Waals surface area contributed by atoms with Crippen molar-refractivity contribution in [3.8, 4) is 23.4 Å². The van der Waals surface area contributed by atoms with Crippen molar-refractivity contribution >= 4 is 5.57 Å². The fourth-order valence-corrected chi connectivity index (χ4v) is 4.33. The molecule has 3 aromatic rings. The molecule has 156 valence electrons. The molecule has 2 aromatic heterocycles. The fraction of sp³-hybridized carbons (Fsp3) is 0.333. The molecule has 1 fully saturated rings. The molecule has 3 heterocycles. The minimum atomic E-state index is 0.474. The summed E-state index contributed by atoms with van der Waals surface area (Å²) in [6, 6.07) is 9.48. The highest BCUT2D eigenvalue weighted by atomic mass is 16.5. The Kier molecular flexibility index (Phi) is 5.46. The minimum absolute atomic E-state index is 0.474. The van der Waals surface area contributed by atoms with Gasteiger partial charge in [-0.05, 0) is 43.5 Å². The average molecular weight is 412 g/mol. The Morgan fingerprint density at radius 2 is 2.06 bits per heavy atom. The largest absolute Gasteiger partial charge is 0.437 e. The number of nitrogens with zero attached hydrogens (tertiary/aromatic N) is 5. The first-order chi connectivity index (χ1) is 15.3. The van der Waals surface area contributed by atoms with E-state index in [-0.39, 0.29) is 0 Å². The maximum Gasteiger partial charge on any atom is 0.222 e. The van der Waals surface area contributed by atoms with Crippen molar-refractivity contribution in [1.29, 1.82) is 5.26 Å². The van der Waals surface area contributed by atoms with Crippen LogP contribution in [-0.4, -0.2) is 32.8 Å². The molecule has 0 amide bonds. The lowest BCUT2D eigenvalue weighted by Crippen LogP contribution is -2.19. The third-order valence-corrected chi connectivity index (χ3v) is 6.00. The molecule has 0 unspecified atom stereocenters. The van der Waals surface area contributed by atoms with Crippen molar-refractivity contribution in [3.05, 3.63) is 65.9 Å². The number of hydrogen-bond acceptors (Lipinski definition) is 6. The highest BCUT2D eigenvalue weighted by Gasteiger charge is 2.20. The topological polar surface area (TPSA) is 88.7 Å². The maximum absolute atomic E-state index is 9.38. The molecule has 0 spiro atoms. The first-order valence-corrected chi connectivity index (χ1v) is 10.8. The Morgan fingerprint density at radius 1 is 1.16 bits per heavy atom. The van der Waals surface area contributed by atoms with Crippen LogP contribution in [0.5, 0.6) is 11.6 Å². The molecule has 0 radical (unpaired) electrons. The summed E-state index contributed by atoms with van der Waals surface area (Å²) in [5.41, 5.74) is 4.71. The van der Waals surface area contributed by atoms with E-state index in [2.05, 4.69) is 32.5 Å². The lowest BCUT2D eigenvalue weighted by Gasteiger charge is -2.13. The van der Waals surface area contributed by atoms with Crippen LogP contribution >= 0.6 is 0 Å². The number of aromatic nitrogens is 4. The number of benzene rings is 1. The van der Waals surface area contributed by atoms with Crippen molar-refractivity contribution < 1.29 is 4.74 Å². The Morgan fingerprint density at radius 3 is 2.87 bits per heavy atom. The number of ether oxygens (including phenoxy) is 1. The molecule has 1 aromatic carbocycles. The summed E-state index contributed by atoms with van der Waals surface area (Å²) in [5, 5.41) is 17.3. The van der Waals surface area contributed by atoms with Crippen molar-refractivity contribution in [2.75, 3.05) is 13.1 Å². The van der Waals surface area contributed by atoms with Gasteiger partial charge in [-0.25, -0.2) is 14.6 Å². The summed E-state index contributed by atoms with van der Waals surface area (Å²) in [6.45, 7) is 1.85. The Balaban J connectivity index is 1.47. The van der Waals surface area contributed by atoms with Gasteiger partial charge in [-0.1, -0.05) is 18.9 Å². The summed E-state index contributed by atoms with van der Waals surface area (Å²) in [6.07, 6.45) is 13.4. The van der Waals surface area contributed by atoms with Crippen molar-refractivity contribution in [2.45, 2.75) is 38.0 Å². The standard InChI is InChI=1S/C24H24N6O/c25-13-17-5-6-22(30-15-20(14-29-30)18-7-9-26-10-8-18)23(11-17)31-24-12-21(27-16-28-24)19-3-1-2-4-19/h5-7,11-12,14-16,19,26H,1-4,8-10H2. The van der Waals surface area contributed by atoms with E-state index in [4.69, 9.17) is 4.74 Å². The Labute approximate surface area is 181 Å². The van der Waals surface area contributed by atoms with Gasteiger partial charge in [0.1, 0.15) is 12.0 Å². The second-order valence-corrected chi connectivity index (χ2v) is 8.02. The highest BCUT2D eigenvalue weighted by Crippen LogP contribution is 2.35. The van der Waals surface area contributed by atoms with E-state index in [0.29, 0.717) is 23.1 Å². The highest BCUT2D eigenvalue weighted by molar-refractivity contribution is 5.66.